The topological polar surface area (TPSA) is 229 Å². The Morgan fingerprint density at radius 2 is 0.515 bits per heavy atom. The Labute approximate surface area is 373 Å². The molecule has 0 N–H and O–H groups in total. The summed E-state index contributed by atoms with van der Waals surface area (Å²) in [6, 6.07) is 24.2. The number of carbonyl (C=O) groups excluding carboxylic acids is 8. The maximum absolute atomic E-state index is 14.6. The normalized spacial score (nSPS) is 32.5. The molecule has 4 aromatic rings. The van der Waals surface area contributed by atoms with E-state index >= 15 is 0 Å². The quantitative estimate of drug-likeness (QED) is 0.183. The summed E-state index contributed by atoms with van der Waals surface area (Å²) in [5.74, 6) is -14.1. The number of fused-ring (bicyclic) bond motifs is 6. The largest absolute Gasteiger partial charge is 0.469 e. The number of carbonyl (C=O) groups is 8. The molecule has 1 saturated heterocycles. The van der Waals surface area contributed by atoms with E-state index in [1.165, 1.54) is 48.5 Å². The zero-order valence-corrected chi connectivity index (χ0v) is 34.6. The van der Waals surface area contributed by atoms with Gasteiger partial charge >= 0.3 is 23.9 Å². The Morgan fingerprint density at radius 3 is 0.742 bits per heavy atom. The number of hydrogen-bond donors (Lipinski definition) is 0. The van der Waals surface area contributed by atoms with Gasteiger partial charge in [0.15, 0.2) is 23.1 Å². The predicted molar refractivity (Wildman–Crippen MR) is 216 cm³/mol. The van der Waals surface area contributed by atoms with Gasteiger partial charge in [-0.25, -0.2) is 19.2 Å². The van der Waals surface area contributed by atoms with E-state index in [-0.39, 0.29) is 71.7 Å². The number of esters is 4. The molecule has 66 heavy (non-hydrogen) atoms. The first kappa shape index (κ1) is 41.3. The number of ether oxygens (including phenoxy) is 10. The van der Waals surface area contributed by atoms with E-state index in [2.05, 4.69) is 0 Å². The molecule has 5 aliphatic heterocycles. The van der Waals surface area contributed by atoms with Crippen molar-refractivity contribution >= 4 is 47.0 Å². The van der Waals surface area contributed by atoms with Crippen molar-refractivity contribution in [1.82, 2.24) is 0 Å². The van der Waals surface area contributed by atoms with E-state index in [1.807, 2.05) is 0 Å². The molecule has 0 bridgehead atoms. The van der Waals surface area contributed by atoms with Gasteiger partial charge < -0.3 is 47.4 Å². The highest BCUT2D eigenvalue weighted by molar-refractivity contribution is 6.21. The van der Waals surface area contributed by atoms with Crippen LogP contribution < -0.4 is 18.9 Å². The second-order valence-corrected chi connectivity index (χ2v) is 16.5. The molecule has 3 fully saturated rings. The molecule has 336 valence electrons. The van der Waals surface area contributed by atoms with E-state index in [4.69, 9.17) is 47.4 Å². The minimum Gasteiger partial charge on any atom is -0.469 e. The number of cyclic esters (lactones) is 4. The number of ketones is 4. The Morgan fingerprint density at radius 1 is 0.303 bits per heavy atom. The van der Waals surface area contributed by atoms with Crippen LogP contribution in [0.4, 0.5) is 0 Å². The van der Waals surface area contributed by atoms with Gasteiger partial charge in [-0.3, -0.25) is 19.2 Å². The summed E-state index contributed by atoms with van der Waals surface area (Å²) in [5.41, 5.74) is -9.93. The van der Waals surface area contributed by atoms with Gasteiger partial charge in [-0.05, 0) is 48.5 Å². The average molecular weight is 901 g/mol. The third kappa shape index (κ3) is 5.24. The van der Waals surface area contributed by atoms with Crippen LogP contribution in [0.2, 0.25) is 0 Å². The molecule has 5 heterocycles. The molecular weight excluding hydrogens is 865 g/mol. The number of para-hydroxylation sites is 4. The van der Waals surface area contributed by atoms with E-state index in [9.17, 15) is 38.4 Å². The van der Waals surface area contributed by atoms with E-state index in [1.54, 1.807) is 48.5 Å². The molecule has 0 aromatic heterocycles. The lowest BCUT2D eigenvalue weighted by atomic mass is 9.45. The van der Waals surface area contributed by atoms with Crippen LogP contribution in [0.25, 0.3) is 0 Å². The smallest absolute Gasteiger partial charge is 0.356 e. The number of Topliss-reactive ketones (excluding diaryl/α,β-unsaturated/α-hetero) is 4. The fourth-order valence-electron chi connectivity index (χ4n) is 10.7. The molecule has 0 radical (unpaired) electrons. The van der Waals surface area contributed by atoms with Gasteiger partial charge in [-0.15, -0.1) is 0 Å². The monoisotopic (exact) mass is 900 g/mol. The first-order valence-corrected chi connectivity index (χ1v) is 21.2. The summed E-state index contributed by atoms with van der Waals surface area (Å²) in [5, 5.41) is 0. The van der Waals surface area contributed by atoms with Crippen molar-refractivity contribution in [2.24, 2.45) is 23.7 Å². The highest BCUT2D eigenvalue weighted by atomic mass is 16.7. The fourth-order valence-corrected chi connectivity index (χ4v) is 10.7. The summed E-state index contributed by atoms with van der Waals surface area (Å²) >= 11 is 0. The van der Waals surface area contributed by atoms with E-state index in [0.29, 0.717) is 0 Å². The van der Waals surface area contributed by atoms with Gasteiger partial charge in [-0.2, -0.15) is 0 Å². The van der Waals surface area contributed by atoms with Crippen LogP contribution in [0.1, 0.15) is 41.4 Å². The number of rotatable bonds is 0. The van der Waals surface area contributed by atoms with Gasteiger partial charge in [0, 0.05) is 0 Å². The van der Waals surface area contributed by atoms with Crippen LogP contribution in [0.3, 0.4) is 0 Å². The third-order valence-corrected chi connectivity index (χ3v) is 13.4. The summed E-state index contributed by atoms with van der Waals surface area (Å²) in [6.07, 6.45) is 0. The SMILES string of the molecule is O=C1c2ccccc2OC23C(=O)OCCOCCOC(=O)[C@]45Oc6ccccc6C(=O)[C@H]4[C@@H]4C(=O)c6ccccc6O[C@@]45C(=O)OCCOCCOC(=O)C24Oc2ccccc2C(=O)C4C13. The van der Waals surface area contributed by atoms with Crippen molar-refractivity contribution in [3.05, 3.63) is 119 Å². The van der Waals surface area contributed by atoms with Crippen LogP contribution in [0.15, 0.2) is 97.1 Å². The Bertz CT molecular complexity index is 2440. The predicted octanol–water partition coefficient (Wildman–Crippen LogP) is 2.75. The molecule has 18 heteroatoms. The molecule has 11 rings (SSSR count). The van der Waals surface area contributed by atoms with Gasteiger partial charge in [0.1, 0.15) is 49.4 Å². The average Bonchev–Trinajstić information content (AvgIpc) is 3.32. The molecule has 7 aliphatic rings. The first-order chi connectivity index (χ1) is 32.0. The van der Waals surface area contributed by atoms with Crippen molar-refractivity contribution in [1.29, 1.82) is 0 Å². The molecule has 4 aromatic carbocycles. The minimum atomic E-state index is -2.56. The van der Waals surface area contributed by atoms with Crippen LogP contribution in [-0.2, 0) is 47.6 Å². The summed E-state index contributed by atoms with van der Waals surface area (Å²) in [6.45, 7) is -3.34. The molecule has 2 aliphatic carbocycles. The highest BCUT2D eigenvalue weighted by Crippen LogP contribution is 2.66. The van der Waals surface area contributed by atoms with Crippen LogP contribution in [-0.4, -0.2) is 122 Å². The van der Waals surface area contributed by atoms with Gasteiger partial charge in [0.2, 0.25) is 0 Å². The van der Waals surface area contributed by atoms with Crippen molar-refractivity contribution in [2.75, 3.05) is 52.9 Å². The Hall–Kier alpha value is -7.44. The maximum atomic E-state index is 14.6. The van der Waals surface area contributed by atoms with E-state index < -0.39 is 120 Å². The lowest BCUT2D eigenvalue weighted by molar-refractivity contribution is -0.263. The maximum Gasteiger partial charge on any atom is 0.356 e. The van der Waals surface area contributed by atoms with Crippen LogP contribution >= 0.6 is 0 Å². The Balaban J connectivity index is 0.914. The highest BCUT2D eigenvalue weighted by Gasteiger charge is 2.92. The molecule has 2 saturated carbocycles. The molecule has 18 nitrogen and oxygen atoms in total. The van der Waals surface area contributed by atoms with Crippen LogP contribution in [0, 0.1) is 23.7 Å². The standard InChI is InChI=1S/C48H36O18/c49-37-25-9-1-5-13-29(25)63-45-33(37)34-38(50)26-10-2-6-14-30(26)64-46(34,45)42(54)60-22-18-58-20-24-62-44(56)48-36(40(52)28-12-4-8-16-32(28)66-48)35-39(51)27-11-3-7-15-31(27)65-47(35,48)43(55)61-23-19-57-17-21-59-41(45)53/h1-16,33-36H,17-24H2/t33-,34-,35?,36?,45-,46-,47?,48?/m1/s1. The lowest BCUT2D eigenvalue weighted by Gasteiger charge is -2.64. The van der Waals surface area contributed by atoms with Gasteiger partial charge in [0.05, 0.1) is 72.4 Å². The minimum absolute atomic E-state index is 0.0609. The van der Waals surface area contributed by atoms with Gasteiger partial charge in [-0.1, -0.05) is 48.5 Å². The number of hydrogen-bond acceptors (Lipinski definition) is 18. The summed E-state index contributed by atoms with van der Waals surface area (Å²) < 4.78 is 59.5. The second-order valence-electron chi connectivity index (χ2n) is 16.5. The number of benzene rings is 4. The molecule has 8 atom stereocenters. The zero-order valence-electron chi connectivity index (χ0n) is 34.6. The summed E-state index contributed by atoms with van der Waals surface area (Å²) in [7, 11) is 0. The molecule has 4 spiro atoms. The second kappa shape index (κ2) is 15.1. The van der Waals surface area contributed by atoms with Crippen LogP contribution in [0.5, 0.6) is 23.0 Å². The van der Waals surface area contributed by atoms with Crippen molar-refractivity contribution in [3.63, 3.8) is 0 Å². The Kier molecular flexibility index (Phi) is 9.42. The third-order valence-electron chi connectivity index (χ3n) is 13.4. The molecule has 4 unspecified atom stereocenters. The van der Waals surface area contributed by atoms with Crippen molar-refractivity contribution < 1.29 is 85.7 Å². The van der Waals surface area contributed by atoms with E-state index in [0.717, 1.165) is 0 Å². The zero-order chi connectivity index (χ0) is 45.6. The summed E-state index contributed by atoms with van der Waals surface area (Å²) in [4.78, 5) is 116. The van der Waals surface area contributed by atoms with Gasteiger partial charge in [0.25, 0.3) is 22.4 Å². The first-order valence-electron chi connectivity index (χ1n) is 21.2. The fraction of sp³-hybridized carbons (Fsp3) is 0.333. The van der Waals surface area contributed by atoms with Crippen molar-refractivity contribution in [2.45, 2.75) is 22.4 Å². The van der Waals surface area contributed by atoms with Crippen molar-refractivity contribution in [3.8, 4) is 23.0 Å². The molecule has 0 amide bonds. The molecular formula is C48H36O18. The lowest BCUT2D eigenvalue weighted by Crippen LogP contribution is -2.90.